The molecule has 2 amide bonds. The van der Waals surface area contributed by atoms with Gasteiger partial charge in [-0.2, -0.15) is 0 Å². The molecule has 0 saturated heterocycles. The SMILES string of the molecule is CC(C(=O)NC1CCCC1)N(Cc1ccccc1Cl)C(=O)CN(c1ccc(Cl)c(Cl)c1)S(=O)(=O)c1ccccc1. The van der Waals surface area contributed by atoms with Crippen LogP contribution in [0.3, 0.4) is 0 Å². The van der Waals surface area contributed by atoms with Gasteiger partial charge in [-0.3, -0.25) is 13.9 Å². The summed E-state index contributed by atoms with van der Waals surface area (Å²) in [5.74, 6) is -0.890. The van der Waals surface area contributed by atoms with Gasteiger partial charge in [0.2, 0.25) is 11.8 Å². The Morgan fingerprint density at radius 1 is 0.900 bits per heavy atom. The van der Waals surface area contributed by atoms with Crippen molar-refractivity contribution in [3.8, 4) is 0 Å². The molecule has 0 bridgehead atoms. The van der Waals surface area contributed by atoms with Crippen molar-refractivity contribution in [1.82, 2.24) is 10.2 Å². The summed E-state index contributed by atoms with van der Waals surface area (Å²) in [6, 6.07) is 18.3. The lowest BCUT2D eigenvalue weighted by Crippen LogP contribution is -2.52. The molecule has 3 aromatic rings. The number of carbonyl (C=O) groups is 2. The largest absolute Gasteiger partial charge is 0.352 e. The first kappa shape index (κ1) is 30.2. The summed E-state index contributed by atoms with van der Waals surface area (Å²) >= 11 is 18.7. The summed E-state index contributed by atoms with van der Waals surface area (Å²) in [5.41, 5.74) is 0.789. The molecule has 11 heteroatoms. The van der Waals surface area contributed by atoms with E-state index in [-0.39, 0.29) is 39.1 Å². The van der Waals surface area contributed by atoms with E-state index in [1.807, 2.05) is 0 Å². The summed E-state index contributed by atoms with van der Waals surface area (Å²) in [4.78, 5) is 28.6. The van der Waals surface area contributed by atoms with Crippen LogP contribution in [0.4, 0.5) is 5.69 Å². The maximum absolute atomic E-state index is 14.0. The van der Waals surface area contributed by atoms with E-state index in [1.54, 1.807) is 49.4 Å². The van der Waals surface area contributed by atoms with E-state index >= 15 is 0 Å². The van der Waals surface area contributed by atoms with Crippen LogP contribution >= 0.6 is 34.8 Å². The molecule has 0 aromatic heterocycles. The quantitative estimate of drug-likeness (QED) is 0.287. The van der Waals surface area contributed by atoms with Crippen molar-refractivity contribution in [2.24, 2.45) is 0 Å². The van der Waals surface area contributed by atoms with Crippen molar-refractivity contribution in [1.29, 1.82) is 0 Å². The van der Waals surface area contributed by atoms with Crippen LogP contribution in [0.25, 0.3) is 0 Å². The van der Waals surface area contributed by atoms with Crippen molar-refractivity contribution in [2.45, 2.75) is 56.1 Å². The molecule has 0 radical (unpaired) electrons. The molecule has 1 aliphatic rings. The van der Waals surface area contributed by atoms with Crippen LogP contribution in [0.15, 0.2) is 77.7 Å². The highest BCUT2D eigenvalue weighted by atomic mass is 35.5. The lowest BCUT2D eigenvalue weighted by atomic mass is 10.1. The molecule has 1 fully saturated rings. The molecule has 1 atom stereocenters. The maximum atomic E-state index is 14.0. The lowest BCUT2D eigenvalue weighted by Gasteiger charge is -2.32. The molecule has 7 nitrogen and oxygen atoms in total. The Morgan fingerprint density at radius 2 is 1.55 bits per heavy atom. The highest BCUT2D eigenvalue weighted by molar-refractivity contribution is 7.92. The van der Waals surface area contributed by atoms with Crippen molar-refractivity contribution in [2.75, 3.05) is 10.8 Å². The monoisotopic (exact) mass is 621 g/mol. The van der Waals surface area contributed by atoms with E-state index in [1.165, 1.54) is 35.2 Å². The Labute approximate surface area is 250 Å². The Kier molecular flexibility index (Phi) is 10.0. The number of hydrogen-bond donors (Lipinski definition) is 1. The van der Waals surface area contributed by atoms with Gasteiger partial charge in [-0.25, -0.2) is 8.42 Å². The topological polar surface area (TPSA) is 86.8 Å². The fraction of sp³-hybridized carbons (Fsp3) is 0.310. The van der Waals surface area contributed by atoms with E-state index < -0.39 is 28.5 Å². The van der Waals surface area contributed by atoms with E-state index in [0.717, 1.165) is 30.0 Å². The molecule has 40 heavy (non-hydrogen) atoms. The van der Waals surface area contributed by atoms with Crippen molar-refractivity contribution in [3.05, 3.63) is 93.4 Å². The van der Waals surface area contributed by atoms with Gasteiger partial charge < -0.3 is 10.2 Å². The van der Waals surface area contributed by atoms with E-state index in [9.17, 15) is 18.0 Å². The van der Waals surface area contributed by atoms with Gasteiger partial charge in [-0.15, -0.1) is 0 Å². The number of carbonyl (C=O) groups excluding carboxylic acids is 2. The van der Waals surface area contributed by atoms with E-state index in [0.29, 0.717) is 10.6 Å². The van der Waals surface area contributed by atoms with E-state index in [2.05, 4.69) is 5.32 Å². The number of benzene rings is 3. The number of sulfonamides is 1. The van der Waals surface area contributed by atoms with Crippen LogP contribution in [0.5, 0.6) is 0 Å². The molecular formula is C29H30Cl3N3O4S. The molecule has 1 aliphatic carbocycles. The predicted molar refractivity (Wildman–Crippen MR) is 159 cm³/mol. The Bertz CT molecular complexity index is 1460. The van der Waals surface area contributed by atoms with Crippen molar-refractivity contribution >= 4 is 62.3 Å². The molecule has 4 rings (SSSR count). The van der Waals surface area contributed by atoms with Crippen LogP contribution < -0.4 is 9.62 Å². The second kappa shape index (κ2) is 13.3. The Balaban J connectivity index is 1.70. The van der Waals surface area contributed by atoms with Gasteiger partial charge in [0.25, 0.3) is 10.0 Å². The predicted octanol–water partition coefficient (Wildman–Crippen LogP) is 6.32. The van der Waals surface area contributed by atoms with Crippen LogP contribution in [-0.2, 0) is 26.2 Å². The minimum Gasteiger partial charge on any atom is -0.352 e. The summed E-state index contributed by atoms with van der Waals surface area (Å²) < 4.78 is 28.6. The first-order valence-electron chi connectivity index (χ1n) is 12.9. The fourth-order valence-electron chi connectivity index (χ4n) is 4.67. The van der Waals surface area contributed by atoms with Crippen LogP contribution in [0, 0.1) is 0 Å². The van der Waals surface area contributed by atoms with Gasteiger partial charge >= 0.3 is 0 Å². The average Bonchev–Trinajstić information content (AvgIpc) is 3.46. The summed E-state index contributed by atoms with van der Waals surface area (Å²) in [5, 5.41) is 3.85. The third kappa shape index (κ3) is 7.10. The first-order valence-corrected chi connectivity index (χ1v) is 15.5. The van der Waals surface area contributed by atoms with Crippen molar-refractivity contribution in [3.63, 3.8) is 0 Å². The van der Waals surface area contributed by atoms with E-state index in [4.69, 9.17) is 34.8 Å². The molecular weight excluding hydrogens is 593 g/mol. The number of nitrogens with zero attached hydrogens (tertiary/aromatic N) is 2. The van der Waals surface area contributed by atoms with Crippen LogP contribution in [-0.4, -0.2) is 43.8 Å². The normalized spacial score (nSPS) is 14.5. The molecule has 1 saturated carbocycles. The highest BCUT2D eigenvalue weighted by Gasteiger charge is 2.33. The molecule has 0 aliphatic heterocycles. The molecule has 1 N–H and O–H groups in total. The van der Waals surface area contributed by atoms with Gasteiger partial charge in [-0.05, 0) is 61.7 Å². The number of rotatable bonds is 10. The van der Waals surface area contributed by atoms with Gasteiger partial charge in [0.15, 0.2) is 0 Å². The number of amides is 2. The molecule has 212 valence electrons. The second-order valence-corrected chi connectivity index (χ2v) is 12.8. The highest BCUT2D eigenvalue weighted by Crippen LogP contribution is 2.31. The molecule has 0 heterocycles. The Morgan fingerprint density at radius 3 is 2.20 bits per heavy atom. The van der Waals surface area contributed by atoms with Gasteiger partial charge in [0.05, 0.1) is 20.6 Å². The Hall–Kier alpha value is -2.78. The zero-order valence-electron chi connectivity index (χ0n) is 21.9. The van der Waals surface area contributed by atoms with Gasteiger partial charge in [-0.1, -0.05) is 84.0 Å². The average molecular weight is 623 g/mol. The summed E-state index contributed by atoms with van der Waals surface area (Å²) in [7, 11) is -4.20. The first-order chi connectivity index (χ1) is 19.1. The minimum absolute atomic E-state index is 0.00134. The fourth-order valence-corrected chi connectivity index (χ4v) is 6.59. The zero-order chi connectivity index (χ0) is 28.9. The number of hydrogen-bond acceptors (Lipinski definition) is 4. The van der Waals surface area contributed by atoms with Gasteiger partial charge in [0, 0.05) is 17.6 Å². The minimum atomic E-state index is -4.20. The van der Waals surface area contributed by atoms with Crippen molar-refractivity contribution < 1.29 is 18.0 Å². The van der Waals surface area contributed by atoms with Gasteiger partial charge in [0.1, 0.15) is 12.6 Å². The third-order valence-corrected chi connectivity index (χ3v) is 9.86. The van der Waals surface area contributed by atoms with Crippen LogP contribution in [0.1, 0.15) is 38.2 Å². The lowest BCUT2D eigenvalue weighted by molar-refractivity contribution is -0.139. The smallest absolute Gasteiger partial charge is 0.264 e. The third-order valence-electron chi connectivity index (χ3n) is 6.97. The number of anilines is 1. The zero-order valence-corrected chi connectivity index (χ0v) is 25.0. The number of halogens is 3. The molecule has 0 spiro atoms. The maximum Gasteiger partial charge on any atom is 0.264 e. The number of nitrogens with one attached hydrogen (secondary N) is 1. The molecule has 3 aromatic carbocycles. The summed E-state index contributed by atoms with van der Waals surface area (Å²) in [6.07, 6.45) is 3.85. The van der Waals surface area contributed by atoms with Crippen LogP contribution in [0.2, 0.25) is 15.1 Å². The summed E-state index contributed by atoms with van der Waals surface area (Å²) in [6.45, 7) is 1.06. The second-order valence-electron chi connectivity index (χ2n) is 9.70. The molecule has 1 unspecified atom stereocenters. The standard InChI is InChI=1S/C29H30Cl3N3O4S/c1-20(29(37)33-22-10-6-7-11-22)34(18-21-9-5-8-14-25(21)30)28(36)19-35(23-15-16-26(31)27(32)17-23)40(38,39)24-12-3-2-4-13-24/h2-5,8-9,12-17,20,22H,6-7,10-11,18-19H2,1H3,(H,33,37).